The molecule has 0 saturated carbocycles. The zero-order chi connectivity index (χ0) is 15.0. The number of benzene rings is 1. The number of hydrogen-bond acceptors (Lipinski definition) is 3. The van der Waals surface area contributed by atoms with Crippen molar-refractivity contribution < 1.29 is 9.72 Å². The van der Waals surface area contributed by atoms with E-state index in [4.69, 9.17) is 5.73 Å². The Balaban J connectivity index is 2.10. The van der Waals surface area contributed by atoms with Gasteiger partial charge in [-0.2, -0.15) is 0 Å². The Morgan fingerprint density at radius 3 is 2.62 bits per heavy atom. The van der Waals surface area contributed by atoms with Crippen LogP contribution in [0.5, 0.6) is 0 Å². The quantitative estimate of drug-likeness (QED) is 0.591. The lowest BCUT2D eigenvalue weighted by molar-refractivity contribution is -0.384. The lowest BCUT2D eigenvalue weighted by atomic mass is 10.1. The van der Waals surface area contributed by atoms with Crippen LogP contribution >= 0.6 is 0 Å². The van der Waals surface area contributed by atoms with E-state index in [1.54, 1.807) is 41.1 Å². The van der Waals surface area contributed by atoms with Gasteiger partial charge in [-0.05, 0) is 23.8 Å². The molecule has 1 aromatic carbocycles. The van der Waals surface area contributed by atoms with Crippen molar-refractivity contribution in [2.75, 3.05) is 0 Å². The van der Waals surface area contributed by atoms with Crippen molar-refractivity contribution in [2.24, 2.45) is 5.73 Å². The maximum absolute atomic E-state index is 11.2. The standard InChI is InChI=1S/C15H11N3O3/c16-15(19)11-4-5-13-7-12(9-17(13)8-11)10-2-1-3-14(6-10)18(20)21/h1-9H,(H2,16,19). The smallest absolute Gasteiger partial charge is 0.270 e. The molecule has 2 heterocycles. The third-order valence-corrected chi connectivity index (χ3v) is 3.27. The van der Waals surface area contributed by atoms with Gasteiger partial charge in [0.1, 0.15) is 0 Å². The summed E-state index contributed by atoms with van der Waals surface area (Å²) in [6.45, 7) is 0. The molecular formula is C15H11N3O3. The highest BCUT2D eigenvalue weighted by atomic mass is 16.6. The first kappa shape index (κ1) is 12.9. The Kier molecular flexibility index (Phi) is 2.91. The largest absolute Gasteiger partial charge is 0.366 e. The molecule has 1 amide bonds. The number of carbonyl (C=O) groups is 1. The van der Waals surface area contributed by atoms with E-state index in [9.17, 15) is 14.9 Å². The molecule has 2 N–H and O–H groups in total. The molecule has 0 spiro atoms. The molecule has 21 heavy (non-hydrogen) atoms. The number of rotatable bonds is 3. The van der Waals surface area contributed by atoms with Gasteiger partial charge in [-0.3, -0.25) is 14.9 Å². The molecule has 0 saturated heterocycles. The Morgan fingerprint density at radius 2 is 1.90 bits per heavy atom. The molecule has 2 aromatic heterocycles. The van der Waals surface area contributed by atoms with E-state index in [2.05, 4.69) is 0 Å². The second-order valence-corrected chi connectivity index (χ2v) is 4.65. The average Bonchev–Trinajstić information content (AvgIpc) is 2.90. The molecule has 6 heteroatoms. The van der Waals surface area contributed by atoms with Crippen LogP contribution in [0.4, 0.5) is 5.69 Å². The van der Waals surface area contributed by atoms with Crippen LogP contribution in [-0.4, -0.2) is 15.2 Å². The average molecular weight is 281 g/mol. The molecule has 0 aliphatic rings. The number of hydrogen-bond donors (Lipinski definition) is 1. The summed E-state index contributed by atoms with van der Waals surface area (Å²) in [6, 6.07) is 11.7. The number of aromatic nitrogens is 1. The number of amides is 1. The molecule has 0 aliphatic carbocycles. The van der Waals surface area contributed by atoms with Crippen LogP contribution in [0, 0.1) is 10.1 Å². The van der Waals surface area contributed by atoms with Crippen LogP contribution in [0.2, 0.25) is 0 Å². The summed E-state index contributed by atoms with van der Waals surface area (Å²) < 4.78 is 1.77. The predicted octanol–water partition coefficient (Wildman–Crippen LogP) is 2.61. The molecule has 104 valence electrons. The van der Waals surface area contributed by atoms with Crippen LogP contribution in [0.1, 0.15) is 10.4 Å². The summed E-state index contributed by atoms with van der Waals surface area (Å²) in [5.41, 5.74) is 8.15. The fourth-order valence-corrected chi connectivity index (χ4v) is 2.21. The number of nitro groups is 1. The van der Waals surface area contributed by atoms with E-state index < -0.39 is 10.8 Å². The number of fused-ring (bicyclic) bond motifs is 1. The molecule has 3 aromatic rings. The fraction of sp³-hybridized carbons (Fsp3) is 0. The van der Waals surface area contributed by atoms with Crippen LogP contribution in [0.3, 0.4) is 0 Å². The number of nitrogens with zero attached hydrogens (tertiary/aromatic N) is 2. The van der Waals surface area contributed by atoms with Gasteiger partial charge in [0.25, 0.3) is 5.69 Å². The van der Waals surface area contributed by atoms with Crippen molar-refractivity contribution in [3.63, 3.8) is 0 Å². The molecule has 0 bridgehead atoms. The third-order valence-electron chi connectivity index (χ3n) is 3.27. The van der Waals surface area contributed by atoms with Crippen LogP contribution in [0.15, 0.2) is 54.9 Å². The van der Waals surface area contributed by atoms with Crippen molar-refractivity contribution in [3.05, 3.63) is 70.5 Å². The van der Waals surface area contributed by atoms with Crippen molar-refractivity contribution in [3.8, 4) is 11.1 Å². The minimum absolute atomic E-state index is 0.0422. The summed E-state index contributed by atoms with van der Waals surface area (Å²) >= 11 is 0. The van der Waals surface area contributed by atoms with Crippen molar-refractivity contribution in [1.29, 1.82) is 0 Å². The first-order chi connectivity index (χ1) is 10.0. The minimum atomic E-state index is -0.498. The maximum Gasteiger partial charge on any atom is 0.270 e. The van der Waals surface area contributed by atoms with Gasteiger partial charge >= 0.3 is 0 Å². The Morgan fingerprint density at radius 1 is 1.10 bits per heavy atom. The van der Waals surface area contributed by atoms with Gasteiger partial charge in [0, 0.05) is 35.6 Å². The molecule has 6 nitrogen and oxygen atoms in total. The molecule has 0 atom stereocenters. The Hall–Kier alpha value is -3.15. The number of nitrogens with two attached hydrogens (primary N) is 1. The molecule has 0 fully saturated rings. The molecule has 0 unspecified atom stereocenters. The lowest BCUT2D eigenvalue weighted by Crippen LogP contribution is -2.11. The first-order valence-corrected chi connectivity index (χ1v) is 6.21. The topological polar surface area (TPSA) is 90.6 Å². The summed E-state index contributed by atoms with van der Waals surface area (Å²) in [5, 5.41) is 10.8. The molecule has 0 aliphatic heterocycles. The summed E-state index contributed by atoms with van der Waals surface area (Å²) in [6.07, 6.45) is 3.44. The van der Waals surface area contributed by atoms with Gasteiger partial charge in [0.2, 0.25) is 5.91 Å². The predicted molar refractivity (Wildman–Crippen MR) is 78.0 cm³/mol. The number of nitro benzene ring substituents is 1. The van der Waals surface area contributed by atoms with E-state index >= 15 is 0 Å². The molecule has 3 rings (SSSR count). The summed E-state index contributed by atoms with van der Waals surface area (Å²) in [5.74, 6) is -0.498. The minimum Gasteiger partial charge on any atom is -0.366 e. The highest BCUT2D eigenvalue weighted by molar-refractivity contribution is 5.93. The van der Waals surface area contributed by atoms with Gasteiger partial charge < -0.3 is 10.1 Å². The van der Waals surface area contributed by atoms with Crippen molar-refractivity contribution in [1.82, 2.24) is 4.40 Å². The summed E-state index contributed by atoms with van der Waals surface area (Å²) in [4.78, 5) is 21.6. The molecule has 0 radical (unpaired) electrons. The lowest BCUT2D eigenvalue weighted by Gasteiger charge is -1.98. The van der Waals surface area contributed by atoms with Gasteiger partial charge in [-0.15, -0.1) is 0 Å². The van der Waals surface area contributed by atoms with Crippen molar-refractivity contribution >= 4 is 17.1 Å². The van der Waals surface area contributed by atoms with E-state index in [0.717, 1.165) is 16.6 Å². The van der Waals surface area contributed by atoms with Crippen LogP contribution in [-0.2, 0) is 0 Å². The van der Waals surface area contributed by atoms with Crippen molar-refractivity contribution in [2.45, 2.75) is 0 Å². The van der Waals surface area contributed by atoms with Gasteiger partial charge in [-0.25, -0.2) is 0 Å². The Bertz CT molecular complexity index is 867. The van der Waals surface area contributed by atoms with E-state index in [0.29, 0.717) is 5.56 Å². The van der Waals surface area contributed by atoms with Gasteiger partial charge in [0.05, 0.1) is 10.5 Å². The van der Waals surface area contributed by atoms with E-state index in [-0.39, 0.29) is 5.69 Å². The second-order valence-electron chi connectivity index (χ2n) is 4.65. The van der Waals surface area contributed by atoms with E-state index in [1.165, 1.54) is 12.1 Å². The van der Waals surface area contributed by atoms with Gasteiger partial charge in [0.15, 0.2) is 0 Å². The number of non-ortho nitro benzene ring substituents is 1. The fourth-order valence-electron chi connectivity index (χ4n) is 2.21. The number of primary amides is 1. The SMILES string of the molecule is NC(=O)c1ccc2cc(-c3cccc([N+](=O)[O-])c3)cn2c1. The monoisotopic (exact) mass is 281 g/mol. The highest BCUT2D eigenvalue weighted by Gasteiger charge is 2.09. The van der Waals surface area contributed by atoms with Crippen LogP contribution < -0.4 is 5.73 Å². The third kappa shape index (κ3) is 2.34. The van der Waals surface area contributed by atoms with E-state index in [1.807, 2.05) is 6.07 Å². The maximum atomic E-state index is 11.2. The highest BCUT2D eigenvalue weighted by Crippen LogP contribution is 2.26. The molecular weight excluding hydrogens is 270 g/mol. The second kappa shape index (κ2) is 4.75. The van der Waals surface area contributed by atoms with Gasteiger partial charge in [-0.1, -0.05) is 12.1 Å². The number of pyridine rings is 1. The van der Waals surface area contributed by atoms with Crippen LogP contribution in [0.25, 0.3) is 16.6 Å². The number of carbonyl (C=O) groups excluding carboxylic acids is 1. The first-order valence-electron chi connectivity index (χ1n) is 6.21. The Labute approximate surface area is 119 Å². The normalized spacial score (nSPS) is 10.7. The zero-order valence-electron chi connectivity index (χ0n) is 10.9. The zero-order valence-corrected chi connectivity index (χ0v) is 10.9. The summed E-state index contributed by atoms with van der Waals surface area (Å²) in [7, 11) is 0.